The Morgan fingerprint density at radius 2 is 1.81 bits per heavy atom. The van der Waals surface area contributed by atoms with Crippen LogP contribution in [0.3, 0.4) is 0 Å². The molecule has 3 aromatic rings. The summed E-state index contributed by atoms with van der Waals surface area (Å²) in [7, 11) is 1.59. The summed E-state index contributed by atoms with van der Waals surface area (Å²) < 4.78 is 7.34. The molecule has 0 bridgehead atoms. The highest BCUT2D eigenvalue weighted by molar-refractivity contribution is 5.81. The maximum absolute atomic E-state index is 10.4. The maximum Gasteiger partial charge on any atom is 0.320 e. The van der Waals surface area contributed by atoms with Crippen molar-refractivity contribution in [1.29, 1.82) is 0 Å². The number of aromatic nitrogens is 4. The van der Waals surface area contributed by atoms with Crippen LogP contribution in [-0.4, -0.2) is 51.2 Å². The zero-order chi connectivity index (χ0) is 21.3. The van der Waals surface area contributed by atoms with Gasteiger partial charge in [-0.3, -0.25) is 0 Å². The van der Waals surface area contributed by atoms with Crippen molar-refractivity contribution in [2.24, 2.45) is 17.3 Å². The van der Waals surface area contributed by atoms with E-state index >= 15 is 0 Å². The molecule has 3 fully saturated rings. The molecule has 2 aliphatic carbocycles. The molecule has 3 aliphatic rings. The lowest BCUT2D eigenvalue weighted by Crippen LogP contribution is -2.47. The number of aliphatic hydroxyl groups excluding tert-OH is 1. The SMILES string of the molecule is COc1nc(N2CC(C)C(O)C(C)C2)cc(-n2ncc3ccc(C4CC45CC5)cc32)n1. The van der Waals surface area contributed by atoms with Crippen molar-refractivity contribution in [2.75, 3.05) is 25.1 Å². The smallest absolute Gasteiger partial charge is 0.320 e. The fourth-order valence-corrected chi connectivity index (χ4v) is 5.46. The summed E-state index contributed by atoms with van der Waals surface area (Å²) >= 11 is 0. The summed E-state index contributed by atoms with van der Waals surface area (Å²) in [4.78, 5) is 11.4. The predicted octanol–water partition coefficient (Wildman–Crippen LogP) is 3.54. The topological polar surface area (TPSA) is 76.3 Å². The number of hydrogen-bond acceptors (Lipinski definition) is 6. The molecule has 3 unspecified atom stereocenters. The van der Waals surface area contributed by atoms with Crippen molar-refractivity contribution in [3.05, 3.63) is 36.0 Å². The van der Waals surface area contributed by atoms with Crippen molar-refractivity contribution in [2.45, 2.75) is 45.1 Å². The van der Waals surface area contributed by atoms with Gasteiger partial charge in [-0.05, 0) is 54.1 Å². The number of methoxy groups -OCH3 is 1. The third-order valence-corrected chi connectivity index (χ3v) is 7.66. The standard InChI is InChI=1S/C24H29N5O2/c1-14-12-28(13-15(2)22(14)30)20-9-21(27-23(26-20)31-3)29-19-8-16(4-5-17(19)11-25-29)18-10-24(18)6-7-24/h4-5,8-9,11,14-15,18,22,30H,6-7,10,12-13H2,1-3H3. The monoisotopic (exact) mass is 419 g/mol. The van der Waals surface area contributed by atoms with Crippen LogP contribution < -0.4 is 9.64 Å². The van der Waals surface area contributed by atoms with Gasteiger partial charge in [0.1, 0.15) is 5.82 Å². The molecule has 0 radical (unpaired) electrons. The second-order valence-corrected chi connectivity index (χ2v) is 9.91. The van der Waals surface area contributed by atoms with Crippen LogP contribution in [0, 0.1) is 17.3 Å². The summed E-state index contributed by atoms with van der Waals surface area (Å²) in [5, 5.41) is 16.1. The fourth-order valence-electron chi connectivity index (χ4n) is 5.46. The van der Waals surface area contributed by atoms with E-state index in [9.17, 15) is 5.11 Å². The van der Waals surface area contributed by atoms with Crippen LogP contribution in [-0.2, 0) is 0 Å². The van der Waals surface area contributed by atoms with E-state index in [0.717, 1.165) is 29.8 Å². The van der Waals surface area contributed by atoms with Gasteiger partial charge in [-0.15, -0.1) is 0 Å². The number of ether oxygens (including phenoxy) is 1. The Morgan fingerprint density at radius 1 is 1.06 bits per heavy atom. The van der Waals surface area contributed by atoms with Gasteiger partial charge in [0, 0.05) is 24.5 Å². The molecular weight excluding hydrogens is 390 g/mol. The zero-order valence-corrected chi connectivity index (χ0v) is 18.3. The Hall–Kier alpha value is -2.67. The number of anilines is 1. The van der Waals surface area contributed by atoms with E-state index in [1.807, 2.05) is 16.9 Å². The fraction of sp³-hybridized carbons (Fsp3) is 0.542. The predicted molar refractivity (Wildman–Crippen MR) is 119 cm³/mol. The minimum absolute atomic E-state index is 0.175. The van der Waals surface area contributed by atoms with E-state index in [-0.39, 0.29) is 17.9 Å². The molecular formula is C24H29N5O2. The van der Waals surface area contributed by atoms with Gasteiger partial charge in [-0.25, -0.2) is 4.68 Å². The van der Waals surface area contributed by atoms with Crippen LogP contribution in [0.15, 0.2) is 30.5 Å². The van der Waals surface area contributed by atoms with Crippen molar-refractivity contribution < 1.29 is 9.84 Å². The lowest BCUT2D eigenvalue weighted by atomic mass is 9.88. The Morgan fingerprint density at radius 3 is 2.48 bits per heavy atom. The molecule has 0 amide bonds. The molecule has 162 valence electrons. The van der Waals surface area contributed by atoms with Crippen LogP contribution in [0.5, 0.6) is 6.01 Å². The molecule has 3 heterocycles. The first-order chi connectivity index (χ1) is 15.0. The maximum atomic E-state index is 10.4. The molecule has 2 aromatic heterocycles. The average molecular weight is 420 g/mol. The molecule has 1 aliphatic heterocycles. The highest BCUT2D eigenvalue weighted by Gasteiger charge is 2.62. The summed E-state index contributed by atoms with van der Waals surface area (Å²) in [6.45, 7) is 5.66. The molecule has 1 aromatic carbocycles. The molecule has 1 N–H and O–H groups in total. The van der Waals surface area contributed by atoms with E-state index in [1.54, 1.807) is 7.11 Å². The Bertz CT molecular complexity index is 1140. The van der Waals surface area contributed by atoms with Crippen molar-refractivity contribution in [3.8, 4) is 11.8 Å². The van der Waals surface area contributed by atoms with Gasteiger partial charge in [0.15, 0.2) is 5.82 Å². The van der Waals surface area contributed by atoms with Crippen molar-refractivity contribution >= 4 is 16.7 Å². The highest BCUT2D eigenvalue weighted by Crippen LogP contribution is 2.75. The number of benzene rings is 1. The van der Waals surface area contributed by atoms with E-state index in [0.29, 0.717) is 23.2 Å². The van der Waals surface area contributed by atoms with Gasteiger partial charge in [-0.2, -0.15) is 15.1 Å². The van der Waals surface area contributed by atoms with Crippen LogP contribution in [0.2, 0.25) is 0 Å². The summed E-state index contributed by atoms with van der Waals surface area (Å²) in [5.74, 6) is 2.58. The van der Waals surface area contributed by atoms with Gasteiger partial charge in [0.05, 0.1) is 24.9 Å². The van der Waals surface area contributed by atoms with E-state index in [1.165, 1.54) is 24.8 Å². The second kappa shape index (κ2) is 6.66. The molecule has 31 heavy (non-hydrogen) atoms. The minimum Gasteiger partial charge on any atom is -0.467 e. The first-order valence-electron chi connectivity index (χ1n) is 11.3. The van der Waals surface area contributed by atoms with E-state index in [2.05, 4.69) is 52.0 Å². The van der Waals surface area contributed by atoms with Crippen molar-refractivity contribution in [3.63, 3.8) is 0 Å². The van der Waals surface area contributed by atoms with Crippen LogP contribution >= 0.6 is 0 Å². The largest absolute Gasteiger partial charge is 0.467 e. The molecule has 7 heteroatoms. The lowest BCUT2D eigenvalue weighted by molar-refractivity contribution is 0.0527. The third kappa shape index (κ3) is 3.09. The Balaban J connectivity index is 1.39. The number of hydrogen-bond donors (Lipinski definition) is 1. The molecule has 7 nitrogen and oxygen atoms in total. The quantitative estimate of drug-likeness (QED) is 0.697. The van der Waals surface area contributed by atoms with Crippen molar-refractivity contribution in [1.82, 2.24) is 19.7 Å². The minimum atomic E-state index is -0.287. The second-order valence-electron chi connectivity index (χ2n) is 9.91. The first kappa shape index (κ1) is 19.0. The summed E-state index contributed by atoms with van der Waals surface area (Å²) in [5.41, 5.74) is 3.11. The van der Waals surface area contributed by atoms with Gasteiger partial charge in [0.25, 0.3) is 0 Å². The Labute approximate surface area is 182 Å². The molecule has 1 spiro atoms. The average Bonchev–Trinajstić information content (AvgIpc) is 3.68. The van der Waals surface area contributed by atoms with Crippen LogP contribution in [0.4, 0.5) is 5.82 Å². The van der Waals surface area contributed by atoms with Crippen LogP contribution in [0.25, 0.3) is 16.7 Å². The Kier molecular flexibility index (Phi) is 4.09. The first-order valence-corrected chi connectivity index (χ1v) is 11.3. The van der Waals surface area contributed by atoms with E-state index < -0.39 is 0 Å². The van der Waals surface area contributed by atoms with Gasteiger partial charge >= 0.3 is 6.01 Å². The lowest BCUT2D eigenvalue weighted by Gasteiger charge is -2.39. The summed E-state index contributed by atoms with van der Waals surface area (Å²) in [6, 6.07) is 9.04. The van der Waals surface area contributed by atoms with Gasteiger partial charge in [-0.1, -0.05) is 26.0 Å². The molecule has 2 saturated carbocycles. The number of rotatable bonds is 4. The summed E-state index contributed by atoms with van der Waals surface area (Å²) in [6.07, 6.45) is 5.69. The number of aliphatic hydroxyl groups is 1. The number of piperidine rings is 1. The molecule has 1 saturated heterocycles. The van der Waals surface area contributed by atoms with Gasteiger partial charge in [0.2, 0.25) is 0 Å². The highest BCUT2D eigenvalue weighted by atomic mass is 16.5. The molecule has 3 atom stereocenters. The zero-order valence-electron chi connectivity index (χ0n) is 18.3. The van der Waals surface area contributed by atoms with Crippen LogP contribution in [0.1, 0.15) is 44.6 Å². The molecule has 6 rings (SSSR count). The van der Waals surface area contributed by atoms with Gasteiger partial charge < -0.3 is 14.7 Å². The third-order valence-electron chi connectivity index (χ3n) is 7.66. The normalized spacial score (nSPS) is 28.8. The van der Waals surface area contributed by atoms with E-state index in [4.69, 9.17) is 4.74 Å². The number of nitrogens with zero attached hydrogens (tertiary/aromatic N) is 5. The number of fused-ring (bicyclic) bond motifs is 1.